The molecule has 78 valence electrons. The normalized spacial score (nSPS) is 11.6. The average Bonchev–Trinajstić information content (AvgIpc) is 2.28. The first-order valence-corrected chi connectivity index (χ1v) is 5.40. The van der Waals surface area contributed by atoms with E-state index in [1.54, 1.807) is 0 Å². The van der Waals surface area contributed by atoms with Crippen LogP contribution in [0.3, 0.4) is 0 Å². The van der Waals surface area contributed by atoms with Gasteiger partial charge < -0.3 is 15.4 Å². The maximum atomic E-state index is 11.1. The minimum absolute atomic E-state index is 0.182. The molecule has 1 heterocycles. The highest BCUT2D eigenvalue weighted by atomic mass is 32.2. The van der Waals surface area contributed by atoms with E-state index in [2.05, 4.69) is 4.98 Å². The lowest BCUT2D eigenvalue weighted by molar-refractivity contribution is 0.0692. The van der Waals surface area contributed by atoms with Crippen LogP contribution >= 0.6 is 0 Å². The van der Waals surface area contributed by atoms with Crippen LogP contribution in [0.4, 0.5) is 5.82 Å². The number of nitrogens with two attached hydrogens (primary N) is 1. The molecule has 1 aromatic rings. The van der Waals surface area contributed by atoms with Gasteiger partial charge in [-0.2, -0.15) is 0 Å². The van der Waals surface area contributed by atoms with Gasteiger partial charge in [-0.25, -0.2) is 18.2 Å². The summed E-state index contributed by atoms with van der Waals surface area (Å²) < 4.78 is 23.2. The number of imidazole rings is 1. The zero-order chi connectivity index (χ0) is 11.1. The van der Waals surface area contributed by atoms with E-state index in [0.29, 0.717) is 0 Å². The Morgan fingerprint density at radius 2 is 2.07 bits per heavy atom. The summed E-state index contributed by atoms with van der Waals surface area (Å²) in [5.74, 6) is -1.54. The molecule has 1 aromatic heterocycles. The summed E-state index contributed by atoms with van der Waals surface area (Å²) in [5, 5.41) is 8.26. The summed E-state index contributed by atoms with van der Waals surface area (Å²) in [4.78, 5) is 14.0. The van der Waals surface area contributed by atoms with Crippen molar-refractivity contribution in [3.8, 4) is 0 Å². The molecule has 7 nitrogen and oxygen atoms in total. The van der Waals surface area contributed by atoms with E-state index in [1.165, 1.54) is 7.05 Å². The number of rotatable bonds is 2. The SMILES string of the molecule is Cn1c(S(C)(=O)=O)nc(C(=O)O)c1N. The van der Waals surface area contributed by atoms with E-state index in [9.17, 15) is 13.2 Å². The van der Waals surface area contributed by atoms with Crippen molar-refractivity contribution in [1.29, 1.82) is 0 Å². The molecule has 0 spiro atoms. The fourth-order valence-electron chi connectivity index (χ4n) is 0.979. The second kappa shape index (κ2) is 2.98. The third kappa shape index (κ3) is 1.55. The van der Waals surface area contributed by atoms with Gasteiger partial charge in [0.2, 0.25) is 15.0 Å². The molecule has 0 aliphatic carbocycles. The van der Waals surface area contributed by atoms with E-state index in [0.717, 1.165) is 10.8 Å². The van der Waals surface area contributed by atoms with Crippen LogP contribution in [0.2, 0.25) is 0 Å². The molecule has 0 aromatic carbocycles. The van der Waals surface area contributed by atoms with E-state index in [4.69, 9.17) is 10.8 Å². The molecule has 0 fully saturated rings. The minimum Gasteiger partial charge on any atom is -0.476 e. The quantitative estimate of drug-likeness (QED) is 0.666. The van der Waals surface area contributed by atoms with Crippen molar-refractivity contribution >= 4 is 21.6 Å². The molecule has 0 amide bonds. The number of nitrogens with zero attached hydrogens (tertiary/aromatic N) is 2. The smallest absolute Gasteiger partial charge is 0.358 e. The molecule has 14 heavy (non-hydrogen) atoms. The maximum absolute atomic E-state index is 11.1. The summed E-state index contributed by atoms with van der Waals surface area (Å²) in [5.41, 5.74) is 4.91. The number of sulfone groups is 1. The topological polar surface area (TPSA) is 115 Å². The first-order valence-electron chi connectivity index (χ1n) is 3.50. The number of hydrogen-bond donors (Lipinski definition) is 2. The van der Waals surface area contributed by atoms with Gasteiger partial charge in [-0.15, -0.1) is 0 Å². The molecule has 1 rings (SSSR count). The molecular weight excluding hydrogens is 210 g/mol. The number of carbonyl (C=O) groups is 1. The van der Waals surface area contributed by atoms with Crippen molar-refractivity contribution in [3.63, 3.8) is 0 Å². The lowest BCUT2D eigenvalue weighted by atomic mass is 10.4. The fraction of sp³-hybridized carbons (Fsp3) is 0.333. The van der Waals surface area contributed by atoms with Crippen LogP contribution in [0.1, 0.15) is 10.5 Å². The van der Waals surface area contributed by atoms with Gasteiger partial charge in [0.25, 0.3) is 0 Å². The Morgan fingerprint density at radius 1 is 1.57 bits per heavy atom. The standard InChI is InChI=1S/C6H9N3O4S/c1-9-4(7)3(5(10)11)8-6(9)14(2,12)13/h7H2,1-2H3,(H,10,11). The van der Waals surface area contributed by atoms with Crippen molar-refractivity contribution < 1.29 is 18.3 Å². The van der Waals surface area contributed by atoms with Gasteiger partial charge in [-0.1, -0.05) is 0 Å². The maximum Gasteiger partial charge on any atom is 0.358 e. The van der Waals surface area contributed by atoms with Crippen LogP contribution in [0, 0.1) is 0 Å². The molecule has 0 saturated heterocycles. The fourth-order valence-corrected chi connectivity index (χ4v) is 1.83. The van der Waals surface area contributed by atoms with E-state index >= 15 is 0 Å². The summed E-state index contributed by atoms with van der Waals surface area (Å²) in [6.45, 7) is 0. The molecule has 3 N–H and O–H groups in total. The molecule has 0 bridgehead atoms. The number of hydrogen-bond acceptors (Lipinski definition) is 5. The van der Waals surface area contributed by atoms with Crippen molar-refractivity contribution in [2.75, 3.05) is 12.0 Å². The van der Waals surface area contributed by atoms with Crippen LogP contribution in [0.25, 0.3) is 0 Å². The Balaban J connectivity index is 3.52. The van der Waals surface area contributed by atoms with E-state index < -0.39 is 21.5 Å². The van der Waals surface area contributed by atoms with Crippen LogP contribution in [0.5, 0.6) is 0 Å². The highest BCUT2D eigenvalue weighted by Gasteiger charge is 2.23. The largest absolute Gasteiger partial charge is 0.476 e. The Kier molecular flexibility index (Phi) is 2.24. The van der Waals surface area contributed by atoms with Gasteiger partial charge in [0, 0.05) is 13.3 Å². The van der Waals surface area contributed by atoms with Crippen LogP contribution in [-0.2, 0) is 16.9 Å². The average molecular weight is 219 g/mol. The van der Waals surface area contributed by atoms with Crippen molar-refractivity contribution in [1.82, 2.24) is 9.55 Å². The monoisotopic (exact) mass is 219 g/mol. The lowest BCUT2D eigenvalue weighted by Crippen LogP contribution is -2.07. The van der Waals surface area contributed by atoms with Crippen LogP contribution < -0.4 is 5.73 Å². The molecule has 0 aliphatic rings. The molecular formula is C6H9N3O4S. The molecule has 8 heteroatoms. The molecule has 0 atom stereocenters. The molecule has 0 unspecified atom stereocenters. The van der Waals surface area contributed by atoms with Gasteiger partial charge in [0.05, 0.1) is 0 Å². The van der Waals surface area contributed by atoms with Crippen molar-refractivity contribution in [2.24, 2.45) is 7.05 Å². The first-order chi connectivity index (χ1) is 6.25. The first kappa shape index (κ1) is 10.5. The number of anilines is 1. The predicted octanol–water partition coefficient (Wildman–Crippen LogP) is -0.896. The second-order valence-electron chi connectivity index (χ2n) is 2.76. The zero-order valence-corrected chi connectivity index (χ0v) is 8.37. The van der Waals surface area contributed by atoms with Crippen LogP contribution in [-0.4, -0.2) is 35.3 Å². The van der Waals surface area contributed by atoms with Crippen molar-refractivity contribution in [2.45, 2.75) is 5.16 Å². The Hall–Kier alpha value is -1.57. The van der Waals surface area contributed by atoms with Gasteiger partial charge in [-0.3, -0.25) is 0 Å². The van der Waals surface area contributed by atoms with Gasteiger partial charge in [-0.05, 0) is 0 Å². The summed E-state index contributed by atoms with van der Waals surface area (Å²) in [7, 11) is -2.22. The van der Waals surface area contributed by atoms with Crippen LogP contribution in [0.15, 0.2) is 5.16 Å². The summed E-state index contributed by atoms with van der Waals surface area (Å²) >= 11 is 0. The molecule has 0 aliphatic heterocycles. The Morgan fingerprint density at radius 3 is 2.29 bits per heavy atom. The number of nitrogen functional groups attached to an aromatic ring is 1. The van der Waals surface area contributed by atoms with E-state index in [1.807, 2.05) is 0 Å². The number of aromatic carboxylic acids is 1. The second-order valence-corrected chi connectivity index (χ2v) is 4.67. The number of carboxylic acids is 1. The minimum atomic E-state index is -3.56. The number of carboxylic acid groups (broad SMARTS) is 1. The summed E-state index contributed by atoms with van der Waals surface area (Å²) in [6, 6.07) is 0. The third-order valence-electron chi connectivity index (χ3n) is 1.63. The predicted molar refractivity (Wildman–Crippen MR) is 47.7 cm³/mol. The zero-order valence-electron chi connectivity index (χ0n) is 7.55. The Bertz CT molecular complexity index is 487. The highest BCUT2D eigenvalue weighted by molar-refractivity contribution is 7.90. The van der Waals surface area contributed by atoms with E-state index in [-0.39, 0.29) is 11.0 Å². The van der Waals surface area contributed by atoms with Gasteiger partial charge in [0.1, 0.15) is 5.82 Å². The molecule has 0 radical (unpaired) electrons. The highest BCUT2D eigenvalue weighted by Crippen LogP contribution is 2.16. The summed E-state index contributed by atoms with van der Waals surface area (Å²) in [6.07, 6.45) is 0.931. The van der Waals surface area contributed by atoms with Gasteiger partial charge >= 0.3 is 5.97 Å². The third-order valence-corrected chi connectivity index (χ3v) is 2.66. The Labute approximate surface area is 80.1 Å². The number of aromatic nitrogens is 2. The van der Waals surface area contributed by atoms with Gasteiger partial charge in [0.15, 0.2) is 5.69 Å². The lowest BCUT2D eigenvalue weighted by Gasteiger charge is -1.98. The van der Waals surface area contributed by atoms with Crippen molar-refractivity contribution in [3.05, 3.63) is 5.69 Å². The molecule has 0 saturated carbocycles.